The van der Waals surface area contributed by atoms with Crippen molar-refractivity contribution < 1.29 is 9.60 Å². The van der Waals surface area contributed by atoms with E-state index in [9.17, 15) is 1.37 Å². The van der Waals surface area contributed by atoms with Crippen molar-refractivity contribution in [2.75, 3.05) is 0 Å². The quantitative estimate of drug-likeness (QED) is 0.145. The van der Waals surface area contributed by atoms with Gasteiger partial charge < -0.3 is 0 Å². The summed E-state index contributed by atoms with van der Waals surface area (Å²) in [5.41, 5.74) is 2.93. The van der Waals surface area contributed by atoms with E-state index in [0.29, 0.717) is 5.56 Å². The molecule has 0 heteroatoms. The second-order valence-corrected chi connectivity index (χ2v) is 11.5. The van der Waals surface area contributed by atoms with Crippen molar-refractivity contribution >= 4 is 75.4 Å². The fraction of sp³-hybridized carbons (Fsp3) is 0. The van der Waals surface area contributed by atoms with Gasteiger partial charge in [-0.3, -0.25) is 0 Å². The van der Waals surface area contributed by atoms with Gasteiger partial charge in [-0.15, -0.1) is 0 Å². The molecule has 10 aromatic rings. The first-order valence-electron chi connectivity index (χ1n) is 18.3. The molecule has 0 nitrogen and oxygen atoms in total. The molecule has 0 aliphatic heterocycles. The fourth-order valence-electron chi connectivity index (χ4n) is 7.45. The molecule has 0 fully saturated rings. The topological polar surface area (TPSA) is 0 Å². The Labute approximate surface area is 264 Å². The van der Waals surface area contributed by atoms with Crippen LogP contribution in [0.3, 0.4) is 0 Å². The first-order chi connectivity index (χ1) is 24.8. The van der Waals surface area contributed by atoms with Crippen molar-refractivity contribution in [3.63, 3.8) is 0 Å². The second-order valence-electron chi connectivity index (χ2n) is 11.5. The summed E-state index contributed by atoms with van der Waals surface area (Å²) in [5, 5.41) is 12.6. The molecule has 0 heterocycles. The molecule has 10 rings (SSSR count). The molecule has 0 saturated carbocycles. The number of benzene rings is 10. The average Bonchev–Trinajstić information content (AvgIpc) is 3.16. The van der Waals surface area contributed by atoms with Crippen molar-refractivity contribution in [2.45, 2.75) is 0 Å². The molecule has 202 valence electrons. The molecule has 0 bridgehead atoms. The summed E-state index contributed by atoms with van der Waals surface area (Å²) in [5.74, 6) is 0. The van der Waals surface area contributed by atoms with E-state index < -0.39 is 12.1 Å². The van der Waals surface area contributed by atoms with Gasteiger partial charge in [0.15, 0.2) is 0 Å². The Bertz CT molecular complexity index is 3140. The monoisotopic (exact) mass is 561 g/mol. The van der Waals surface area contributed by atoms with Gasteiger partial charge in [-0.25, -0.2) is 0 Å². The van der Waals surface area contributed by atoms with Crippen LogP contribution in [0.4, 0.5) is 0 Å². The molecule has 0 saturated heterocycles. The Morgan fingerprint density at radius 2 is 0.909 bits per heavy atom. The van der Waals surface area contributed by atoms with Gasteiger partial charge in [0.1, 0.15) is 0 Å². The van der Waals surface area contributed by atoms with Crippen LogP contribution in [0.5, 0.6) is 0 Å². The molecule has 0 N–H and O–H groups in total. The minimum absolute atomic E-state index is 0.0501. The molecule has 44 heavy (non-hydrogen) atoms. The van der Waals surface area contributed by atoms with Gasteiger partial charge in [0.2, 0.25) is 0 Å². The Morgan fingerprint density at radius 1 is 0.295 bits per heavy atom. The Hall–Kier alpha value is -5.72. The van der Waals surface area contributed by atoms with E-state index in [1.807, 2.05) is 42.5 Å². The van der Waals surface area contributed by atoms with Crippen LogP contribution in [0.2, 0.25) is 0 Å². The molecular formula is C44H26. The Balaban J connectivity index is 1.48. The minimum atomic E-state index is -0.464. The lowest BCUT2D eigenvalue weighted by Crippen LogP contribution is -1.94. The molecule has 0 atom stereocenters. The van der Waals surface area contributed by atoms with Gasteiger partial charge >= 0.3 is 0 Å². The van der Waals surface area contributed by atoms with Crippen LogP contribution in [0, 0.1) is 0 Å². The maximum atomic E-state index is 9.35. The summed E-state index contributed by atoms with van der Waals surface area (Å²) in [6.45, 7) is 0. The lowest BCUT2D eigenvalue weighted by Gasteiger charge is -2.22. The summed E-state index contributed by atoms with van der Waals surface area (Å²) in [4.78, 5) is 0. The van der Waals surface area contributed by atoms with Crippen LogP contribution < -0.4 is 0 Å². The maximum Gasteiger partial charge on any atom is 0.0629 e. The predicted molar refractivity (Wildman–Crippen MR) is 191 cm³/mol. The summed E-state index contributed by atoms with van der Waals surface area (Å²) in [7, 11) is 0. The molecule has 0 aromatic heterocycles. The number of hydrogen-bond acceptors (Lipinski definition) is 0. The van der Waals surface area contributed by atoms with Crippen LogP contribution in [-0.2, 0) is 0 Å². The SMILES string of the molecule is [2H]c1c([2H])c([2H])c2c(-c3c4ccccc4c(-c4ccc5ccc6cccc7ccc4c5c67)c4c3ccc3ccccc34)c([2H])c([2H])c([2H])c2c1[2H]. The Morgan fingerprint density at radius 3 is 1.77 bits per heavy atom. The zero-order chi connectivity index (χ0) is 34.9. The molecule has 0 spiro atoms. The summed E-state index contributed by atoms with van der Waals surface area (Å²) >= 11 is 0. The van der Waals surface area contributed by atoms with Gasteiger partial charge in [0.25, 0.3) is 0 Å². The smallest absolute Gasteiger partial charge is 0.0616 e. The highest BCUT2D eigenvalue weighted by molar-refractivity contribution is 6.33. The van der Waals surface area contributed by atoms with E-state index in [0.717, 1.165) is 54.2 Å². The van der Waals surface area contributed by atoms with Crippen molar-refractivity contribution in [2.24, 2.45) is 0 Å². The lowest BCUT2D eigenvalue weighted by molar-refractivity contribution is 1.70. The number of rotatable bonds is 2. The molecule has 0 amide bonds. The zero-order valence-corrected chi connectivity index (χ0v) is 23.5. The molecule has 0 radical (unpaired) electrons. The van der Waals surface area contributed by atoms with Crippen LogP contribution in [0.1, 0.15) is 9.60 Å². The second kappa shape index (κ2) is 8.89. The van der Waals surface area contributed by atoms with Gasteiger partial charge in [0.05, 0.1) is 9.60 Å². The van der Waals surface area contributed by atoms with E-state index in [1.165, 1.54) is 21.5 Å². The van der Waals surface area contributed by atoms with E-state index in [1.54, 1.807) is 0 Å². The Kier molecular flexibility index (Phi) is 3.65. The number of fused-ring (bicyclic) bond motifs is 5. The van der Waals surface area contributed by atoms with Gasteiger partial charge in [-0.1, -0.05) is 158 Å². The highest BCUT2D eigenvalue weighted by atomic mass is 14.2. The lowest BCUT2D eigenvalue weighted by atomic mass is 9.81. The average molecular weight is 562 g/mol. The highest BCUT2D eigenvalue weighted by Gasteiger charge is 2.21. The van der Waals surface area contributed by atoms with Gasteiger partial charge in [0, 0.05) is 0 Å². The highest BCUT2D eigenvalue weighted by Crippen LogP contribution is 2.49. The van der Waals surface area contributed by atoms with E-state index in [4.69, 9.17) is 8.22 Å². The first kappa shape index (κ1) is 18.1. The summed E-state index contributed by atoms with van der Waals surface area (Å²) < 4.78 is 61.9. The van der Waals surface area contributed by atoms with Crippen molar-refractivity contribution in [1.29, 1.82) is 0 Å². The zero-order valence-electron chi connectivity index (χ0n) is 30.5. The van der Waals surface area contributed by atoms with E-state index in [2.05, 4.69) is 72.8 Å². The van der Waals surface area contributed by atoms with Crippen LogP contribution in [0.15, 0.2) is 158 Å². The third kappa shape index (κ3) is 3.17. The largest absolute Gasteiger partial charge is 0.0629 e. The van der Waals surface area contributed by atoms with Gasteiger partial charge in [-0.05, 0) is 97.7 Å². The molecular weight excluding hydrogens is 528 g/mol. The third-order valence-corrected chi connectivity index (χ3v) is 9.27. The predicted octanol–water partition coefficient (Wildman–Crippen LogP) is 12.5. The fourth-order valence-corrected chi connectivity index (χ4v) is 7.45. The van der Waals surface area contributed by atoms with Crippen LogP contribution >= 0.6 is 0 Å². The summed E-state index contributed by atoms with van der Waals surface area (Å²) in [6, 6.07) is 37.2. The third-order valence-electron chi connectivity index (χ3n) is 9.27. The molecule has 0 unspecified atom stereocenters. The van der Waals surface area contributed by atoms with E-state index >= 15 is 0 Å². The summed E-state index contributed by atoms with van der Waals surface area (Å²) in [6.07, 6.45) is 0. The minimum Gasteiger partial charge on any atom is -0.0616 e. The normalized spacial score (nSPS) is 14.3. The molecule has 0 aliphatic carbocycles. The molecule has 0 aliphatic rings. The van der Waals surface area contributed by atoms with E-state index in [-0.39, 0.29) is 46.5 Å². The van der Waals surface area contributed by atoms with Crippen molar-refractivity contribution in [3.05, 3.63) is 158 Å². The standard InChI is InChI=1S/C44H26/c1-3-14-32-27(9-1)11-8-18-34(32)42-35-16-5-6-17-36(35)44(43-33-15-4-2-10-28(33)21-26-39(42)43)38-25-23-31-20-19-29-12-7-13-30-22-24-37(38)41(31)40(29)30/h1-26H/i1D,3D,8D,9D,11D,14D,18D. The van der Waals surface area contributed by atoms with Crippen LogP contribution in [0.25, 0.3) is 97.7 Å². The van der Waals surface area contributed by atoms with Crippen molar-refractivity contribution in [1.82, 2.24) is 0 Å². The number of hydrogen-bond donors (Lipinski definition) is 0. The maximum absolute atomic E-state index is 9.35. The first-order valence-corrected chi connectivity index (χ1v) is 14.8. The van der Waals surface area contributed by atoms with Gasteiger partial charge in [-0.2, -0.15) is 0 Å². The van der Waals surface area contributed by atoms with Crippen LogP contribution in [-0.4, -0.2) is 0 Å². The van der Waals surface area contributed by atoms with Crippen molar-refractivity contribution in [3.8, 4) is 22.3 Å². The molecule has 10 aromatic carbocycles.